The Kier molecular flexibility index (Phi) is 7.81. The predicted molar refractivity (Wildman–Crippen MR) is 128 cm³/mol. The Morgan fingerprint density at radius 1 is 1.06 bits per heavy atom. The molecule has 1 aliphatic heterocycles. The minimum atomic E-state index is -1.30. The molecule has 0 spiro atoms. The van der Waals surface area contributed by atoms with Crippen molar-refractivity contribution in [2.45, 2.75) is 13.0 Å². The molecular weight excluding hydrogens is 710 g/mol. The third kappa shape index (κ3) is 4.65. The van der Waals surface area contributed by atoms with E-state index in [9.17, 15) is 23.6 Å². The fourth-order valence-corrected chi connectivity index (χ4v) is 5.49. The topological polar surface area (TPSA) is 92.8 Å². The lowest BCUT2D eigenvalue weighted by molar-refractivity contribution is -0.150. The summed E-state index contributed by atoms with van der Waals surface area (Å²) < 4.78 is 19.9. The highest BCUT2D eigenvalue weighted by molar-refractivity contribution is 9.15. The van der Waals surface area contributed by atoms with E-state index >= 15 is 0 Å². The number of anilines is 1. The van der Waals surface area contributed by atoms with Gasteiger partial charge in [0.05, 0.1) is 16.1 Å². The Balaban J connectivity index is 1.70. The number of rotatable bonds is 5. The van der Waals surface area contributed by atoms with E-state index < -0.39 is 42.2 Å². The van der Waals surface area contributed by atoms with Gasteiger partial charge in [-0.15, -0.1) is 0 Å². The molecule has 7 nitrogen and oxygen atoms in total. The number of hydrogen-bond donors (Lipinski definition) is 1. The van der Waals surface area contributed by atoms with Gasteiger partial charge in [0.25, 0.3) is 17.7 Å². The lowest BCUT2D eigenvalue weighted by atomic mass is 10.1. The van der Waals surface area contributed by atoms with Crippen molar-refractivity contribution in [1.82, 2.24) is 4.90 Å². The monoisotopic (exact) mass is 716 g/mol. The maximum absolute atomic E-state index is 13.2. The summed E-state index contributed by atoms with van der Waals surface area (Å²) in [6, 6.07) is 2.26. The van der Waals surface area contributed by atoms with Crippen molar-refractivity contribution in [2.75, 3.05) is 11.9 Å². The Morgan fingerprint density at radius 3 is 2.09 bits per heavy atom. The van der Waals surface area contributed by atoms with E-state index in [4.69, 9.17) is 16.3 Å². The number of amides is 3. The summed E-state index contributed by atoms with van der Waals surface area (Å²) in [6.07, 6.45) is 0. The van der Waals surface area contributed by atoms with Crippen LogP contribution in [0.2, 0.25) is 5.02 Å². The van der Waals surface area contributed by atoms with Crippen LogP contribution in [0.5, 0.6) is 0 Å². The Bertz CT molecular complexity index is 1150. The van der Waals surface area contributed by atoms with Crippen LogP contribution in [0, 0.1) is 5.82 Å². The summed E-state index contributed by atoms with van der Waals surface area (Å²) in [5.74, 6) is -3.71. The van der Waals surface area contributed by atoms with Gasteiger partial charge in [0.1, 0.15) is 11.9 Å². The summed E-state index contributed by atoms with van der Waals surface area (Å²) >= 11 is 18.9. The minimum Gasteiger partial charge on any atom is -0.454 e. The molecule has 0 aromatic heterocycles. The number of benzene rings is 2. The molecular formula is C19H10Br4ClFN2O5. The second-order valence-corrected chi connectivity index (χ2v) is 10.0. The molecule has 3 amide bonds. The van der Waals surface area contributed by atoms with E-state index in [1.807, 2.05) is 0 Å². The molecule has 1 heterocycles. The van der Waals surface area contributed by atoms with Crippen LogP contribution in [0.25, 0.3) is 0 Å². The fraction of sp³-hybridized carbons (Fsp3) is 0.158. The molecule has 32 heavy (non-hydrogen) atoms. The Hall–Kier alpha value is -1.34. The molecule has 2 aromatic carbocycles. The van der Waals surface area contributed by atoms with Gasteiger partial charge >= 0.3 is 5.97 Å². The zero-order chi connectivity index (χ0) is 23.9. The first-order chi connectivity index (χ1) is 15.0. The van der Waals surface area contributed by atoms with Crippen molar-refractivity contribution in [1.29, 1.82) is 0 Å². The molecule has 0 fully saturated rings. The zero-order valence-electron chi connectivity index (χ0n) is 15.8. The molecule has 1 unspecified atom stereocenters. The number of imide groups is 1. The molecule has 0 bridgehead atoms. The minimum absolute atomic E-state index is 0.0857. The number of hydrogen-bond acceptors (Lipinski definition) is 5. The summed E-state index contributed by atoms with van der Waals surface area (Å²) in [5, 5.41) is 2.21. The largest absolute Gasteiger partial charge is 0.454 e. The van der Waals surface area contributed by atoms with Crippen molar-refractivity contribution >= 4 is 105 Å². The van der Waals surface area contributed by atoms with Crippen molar-refractivity contribution in [3.63, 3.8) is 0 Å². The van der Waals surface area contributed by atoms with Gasteiger partial charge in [-0.1, -0.05) is 11.6 Å². The fourth-order valence-electron chi connectivity index (χ4n) is 2.85. The molecule has 1 N–H and O–H groups in total. The third-order valence-corrected chi connectivity index (χ3v) is 9.47. The number of ether oxygens (including phenoxy) is 1. The zero-order valence-corrected chi connectivity index (χ0v) is 22.9. The average Bonchev–Trinajstić information content (AvgIpc) is 3.01. The van der Waals surface area contributed by atoms with Gasteiger partial charge in [0.2, 0.25) is 0 Å². The maximum Gasteiger partial charge on any atom is 0.329 e. The normalized spacial score (nSPS) is 13.8. The second kappa shape index (κ2) is 9.88. The summed E-state index contributed by atoms with van der Waals surface area (Å²) in [6.45, 7) is 0.624. The van der Waals surface area contributed by atoms with Crippen LogP contribution in [0.4, 0.5) is 10.1 Å². The van der Waals surface area contributed by atoms with Crippen LogP contribution in [0.15, 0.2) is 36.1 Å². The van der Waals surface area contributed by atoms with Crippen LogP contribution in [0.3, 0.4) is 0 Å². The van der Waals surface area contributed by atoms with Crippen LogP contribution >= 0.6 is 75.3 Å². The molecule has 1 aliphatic rings. The Labute approximate surface area is 219 Å². The summed E-state index contributed by atoms with van der Waals surface area (Å²) in [7, 11) is 0. The third-order valence-electron chi connectivity index (χ3n) is 4.41. The molecule has 0 radical (unpaired) electrons. The van der Waals surface area contributed by atoms with E-state index in [-0.39, 0.29) is 21.8 Å². The van der Waals surface area contributed by atoms with Crippen molar-refractivity contribution in [3.05, 3.63) is 58.1 Å². The molecule has 168 valence electrons. The van der Waals surface area contributed by atoms with Gasteiger partial charge in [0.15, 0.2) is 6.61 Å². The lowest BCUT2D eigenvalue weighted by Crippen LogP contribution is -2.44. The highest BCUT2D eigenvalue weighted by Gasteiger charge is 2.45. The van der Waals surface area contributed by atoms with Crippen LogP contribution in [-0.4, -0.2) is 41.2 Å². The average molecular weight is 720 g/mol. The second-order valence-electron chi connectivity index (χ2n) is 6.45. The molecule has 13 heteroatoms. The number of nitrogens with zero attached hydrogens (tertiary/aromatic N) is 1. The van der Waals surface area contributed by atoms with Gasteiger partial charge < -0.3 is 10.1 Å². The lowest BCUT2D eigenvalue weighted by Gasteiger charge is -2.20. The smallest absolute Gasteiger partial charge is 0.329 e. The molecule has 3 rings (SSSR count). The number of nitrogens with one attached hydrogen (secondary N) is 1. The van der Waals surface area contributed by atoms with Crippen molar-refractivity contribution in [3.8, 4) is 0 Å². The van der Waals surface area contributed by atoms with Gasteiger partial charge in [-0.2, -0.15) is 0 Å². The predicted octanol–water partition coefficient (Wildman–Crippen LogP) is 5.70. The van der Waals surface area contributed by atoms with E-state index in [2.05, 4.69) is 69.0 Å². The molecule has 0 aliphatic carbocycles. The highest BCUT2D eigenvalue weighted by atomic mass is 79.9. The first-order valence-electron chi connectivity index (χ1n) is 8.61. The number of carbonyl (C=O) groups excluding carboxylic acids is 4. The van der Waals surface area contributed by atoms with Crippen molar-refractivity contribution in [2.24, 2.45) is 0 Å². The van der Waals surface area contributed by atoms with Crippen molar-refractivity contribution < 1.29 is 28.3 Å². The van der Waals surface area contributed by atoms with Crippen LogP contribution in [-0.2, 0) is 14.3 Å². The number of halogens is 6. The summed E-state index contributed by atoms with van der Waals surface area (Å²) in [4.78, 5) is 51.1. The highest BCUT2D eigenvalue weighted by Crippen LogP contribution is 2.45. The first kappa shape index (κ1) is 25.3. The molecule has 2 aromatic rings. The van der Waals surface area contributed by atoms with E-state index in [0.717, 1.165) is 11.0 Å². The number of fused-ring (bicyclic) bond motifs is 1. The molecule has 0 saturated carbocycles. The standard InChI is InChI=1S/C19H10Br4ClFN2O5/c1-6(19(31)32-5-10(28)26-7-2-3-9(25)8(24)4-7)27-17(29)11-12(18(27)30)14(21)16(23)15(22)13(11)20/h2-4,6H,5H2,1H3,(H,26,28). The van der Waals surface area contributed by atoms with Crippen LogP contribution in [0.1, 0.15) is 27.6 Å². The SMILES string of the molecule is CC(C(=O)OCC(=O)Nc1ccc(F)c(Cl)c1)N1C(=O)c2c(Br)c(Br)c(Br)c(Br)c2C1=O. The summed E-state index contributed by atoms with van der Waals surface area (Å²) in [5.41, 5.74) is 0.377. The number of esters is 1. The quantitative estimate of drug-likeness (QED) is 0.186. The first-order valence-corrected chi connectivity index (χ1v) is 12.2. The van der Waals surface area contributed by atoms with E-state index in [0.29, 0.717) is 17.9 Å². The number of carbonyl (C=O) groups is 4. The van der Waals surface area contributed by atoms with E-state index in [1.165, 1.54) is 19.1 Å². The van der Waals surface area contributed by atoms with Gasteiger partial charge in [-0.05, 0) is 88.8 Å². The maximum atomic E-state index is 13.2. The van der Waals surface area contributed by atoms with Gasteiger partial charge in [0, 0.05) is 23.6 Å². The van der Waals surface area contributed by atoms with Gasteiger partial charge in [-0.25, -0.2) is 9.18 Å². The van der Waals surface area contributed by atoms with E-state index in [1.54, 1.807) is 0 Å². The molecule has 0 saturated heterocycles. The van der Waals surface area contributed by atoms with Gasteiger partial charge in [-0.3, -0.25) is 19.3 Å². The molecule has 1 atom stereocenters. The Morgan fingerprint density at radius 2 is 1.59 bits per heavy atom. The van der Waals surface area contributed by atoms with Crippen LogP contribution < -0.4 is 5.32 Å².